The molecule has 0 amide bonds. The van der Waals surface area contributed by atoms with Gasteiger partial charge in [-0.3, -0.25) is 4.90 Å². The summed E-state index contributed by atoms with van der Waals surface area (Å²) in [4.78, 5) is 8.47. The van der Waals surface area contributed by atoms with Crippen LogP contribution in [0, 0.1) is 20.8 Å². The van der Waals surface area contributed by atoms with Crippen molar-refractivity contribution in [3.8, 4) is 0 Å². The lowest BCUT2D eigenvalue weighted by Crippen LogP contribution is -2.58. The number of rotatable bonds is 1. The molecule has 0 saturated heterocycles. The highest BCUT2D eigenvalue weighted by atomic mass is 16.7. The molecule has 2 aromatic carbocycles. The van der Waals surface area contributed by atoms with Crippen molar-refractivity contribution in [3.05, 3.63) is 64.2 Å². The minimum Gasteiger partial charge on any atom is -0.379 e. The van der Waals surface area contributed by atoms with Crippen LogP contribution in [0.1, 0.15) is 66.3 Å². The molecular weight excluding hydrogens is 348 g/mol. The molecule has 3 aliphatic rings. The average Bonchev–Trinajstić information content (AvgIpc) is 3.11. The van der Waals surface area contributed by atoms with Gasteiger partial charge < -0.3 is 9.94 Å². The predicted molar refractivity (Wildman–Crippen MR) is 112 cm³/mol. The quantitative estimate of drug-likeness (QED) is 0.756. The van der Waals surface area contributed by atoms with Crippen LogP contribution < -0.4 is 4.90 Å². The van der Waals surface area contributed by atoms with Gasteiger partial charge in [-0.2, -0.15) is 0 Å². The molecule has 1 fully saturated rings. The van der Waals surface area contributed by atoms with E-state index in [4.69, 9.17) is 4.84 Å². The van der Waals surface area contributed by atoms with Crippen LogP contribution in [0.3, 0.4) is 0 Å². The molecule has 2 atom stereocenters. The van der Waals surface area contributed by atoms with E-state index in [-0.39, 0.29) is 0 Å². The minimum absolute atomic E-state index is 0.704. The van der Waals surface area contributed by atoms with E-state index in [0.717, 1.165) is 48.3 Å². The number of nitrogens with zero attached hydrogens (tertiary/aromatic N) is 2. The summed E-state index contributed by atoms with van der Waals surface area (Å²) in [5.41, 5.74) is 4.87. The molecule has 5 rings (SSSR count). The van der Waals surface area contributed by atoms with Gasteiger partial charge in [0, 0.05) is 17.5 Å². The molecule has 1 N–H and O–H groups in total. The van der Waals surface area contributed by atoms with E-state index in [9.17, 15) is 5.11 Å². The highest BCUT2D eigenvalue weighted by Crippen LogP contribution is 2.58. The van der Waals surface area contributed by atoms with E-state index >= 15 is 0 Å². The Hall–Kier alpha value is -2.33. The fourth-order valence-electron chi connectivity index (χ4n) is 5.65. The molecule has 0 radical (unpaired) electrons. The molecule has 2 aromatic rings. The average molecular weight is 377 g/mol. The number of anilines is 1. The molecule has 2 heterocycles. The molecule has 1 saturated carbocycles. The number of hydrogen-bond acceptors (Lipinski definition) is 4. The fourth-order valence-corrected chi connectivity index (χ4v) is 5.65. The first kappa shape index (κ1) is 17.7. The van der Waals surface area contributed by atoms with Crippen LogP contribution in [0.25, 0.3) is 0 Å². The number of aliphatic hydroxyl groups is 1. The molecule has 2 aliphatic heterocycles. The van der Waals surface area contributed by atoms with Crippen LogP contribution in [-0.2, 0) is 10.4 Å². The van der Waals surface area contributed by atoms with Crippen molar-refractivity contribution >= 4 is 11.5 Å². The zero-order chi connectivity index (χ0) is 19.5. The Bertz CT molecular complexity index is 959. The Morgan fingerprint density at radius 1 is 0.964 bits per heavy atom. The monoisotopic (exact) mass is 376 g/mol. The Morgan fingerprint density at radius 2 is 1.64 bits per heavy atom. The first-order chi connectivity index (χ1) is 13.5. The molecule has 0 aromatic heterocycles. The van der Waals surface area contributed by atoms with E-state index in [1.807, 2.05) is 12.1 Å². The number of aryl methyl sites for hydroxylation is 3. The Labute approximate surface area is 166 Å². The van der Waals surface area contributed by atoms with Gasteiger partial charge in [0.25, 0.3) is 0 Å². The van der Waals surface area contributed by atoms with Crippen molar-refractivity contribution in [3.63, 3.8) is 0 Å². The molecule has 4 heteroatoms. The van der Waals surface area contributed by atoms with E-state index in [0.29, 0.717) is 6.42 Å². The number of benzene rings is 2. The number of para-hydroxylation sites is 1. The fraction of sp³-hybridized carbons (Fsp3) is 0.458. The maximum atomic E-state index is 12.0. The lowest BCUT2D eigenvalue weighted by molar-refractivity contribution is -0.178. The third kappa shape index (κ3) is 2.18. The maximum Gasteiger partial charge on any atom is 0.248 e. The van der Waals surface area contributed by atoms with Crippen LogP contribution in [0.2, 0.25) is 0 Å². The van der Waals surface area contributed by atoms with Crippen molar-refractivity contribution in [1.82, 2.24) is 0 Å². The van der Waals surface area contributed by atoms with Crippen molar-refractivity contribution in [2.75, 3.05) is 4.90 Å². The van der Waals surface area contributed by atoms with E-state index in [1.54, 1.807) is 0 Å². The summed E-state index contributed by atoms with van der Waals surface area (Å²) in [6.45, 7) is 6.39. The summed E-state index contributed by atoms with van der Waals surface area (Å²) in [6.07, 6.45) is 5.83. The molecule has 146 valence electrons. The van der Waals surface area contributed by atoms with Gasteiger partial charge >= 0.3 is 0 Å². The Morgan fingerprint density at radius 3 is 2.39 bits per heavy atom. The topological polar surface area (TPSA) is 45.1 Å². The molecule has 1 aliphatic carbocycles. The van der Waals surface area contributed by atoms with Gasteiger partial charge in [-0.1, -0.05) is 53.9 Å². The first-order valence-corrected chi connectivity index (χ1v) is 10.4. The predicted octanol–water partition coefficient (Wildman–Crippen LogP) is 5.06. The van der Waals surface area contributed by atoms with Crippen molar-refractivity contribution in [2.24, 2.45) is 5.16 Å². The van der Waals surface area contributed by atoms with Crippen LogP contribution >= 0.6 is 0 Å². The van der Waals surface area contributed by atoms with Gasteiger partial charge in [-0.15, -0.1) is 0 Å². The molecule has 28 heavy (non-hydrogen) atoms. The summed E-state index contributed by atoms with van der Waals surface area (Å²) in [7, 11) is 0. The van der Waals surface area contributed by atoms with Gasteiger partial charge in [0.1, 0.15) is 0 Å². The van der Waals surface area contributed by atoms with Crippen LogP contribution in [-0.4, -0.2) is 16.7 Å². The number of fused-ring (bicyclic) bond motifs is 3. The smallest absolute Gasteiger partial charge is 0.248 e. The number of oxime groups is 1. The normalized spacial score (nSPS) is 28.6. The van der Waals surface area contributed by atoms with E-state index in [1.165, 1.54) is 23.1 Å². The zero-order valence-electron chi connectivity index (χ0n) is 17.0. The van der Waals surface area contributed by atoms with Gasteiger partial charge in [-0.05, 0) is 57.2 Å². The minimum atomic E-state index is -1.04. The molecule has 1 spiro atoms. The lowest BCUT2D eigenvalue weighted by atomic mass is 9.77. The molecule has 0 bridgehead atoms. The molecule has 2 unspecified atom stereocenters. The summed E-state index contributed by atoms with van der Waals surface area (Å²) in [5.74, 6) is 0.832. The van der Waals surface area contributed by atoms with Crippen LogP contribution in [0.4, 0.5) is 5.69 Å². The third-order valence-electron chi connectivity index (χ3n) is 6.80. The third-order valence-corrected chi connectivity index (χ3v) is 6.80. The summed E-state index contributed by atoms with van der Waals surface area (Å²) >= 11 is 0. The van der Waals surface area contributed by atoms with Crippen LogP contribution in [0.5, 0.6) is 0 Å². The standard InChI is InChI=1S/C24H28N2O2/c1-16-14-17(2)21(18(3)15-16)22-25-28-24-13-9-5-4-8-12-23(24,27)19-10-6-7-11-20(19)26(22)24/h6-7,10-11,14-15,27H,4-5,8-9,12-13H2,1-3H3. The second-order valence-electron chi connectivity index (χ2n) is 8.69. The van der Waals surface area contributed by atoms with Gasteiger partial charge in [0.2, 0.25) is 5.72 Å². The largest absolute Gasteiger partial charge is 0.379 e. The number of hydrogen-bond donors (Lipinski definition) is 1. The maximum absolute atomic E-state index is 12.0. The first-order valence-electron chi connectivity index (χ1n) is 10.4. The van der Waals surface area contributed by atoms with E-state index in [2.05, 4.69) is 55.1 Å². The second-order valence-corrected chi connectivity index (χ2v) is 8.69. The van der Waals surface area contributed by atoms with E-state index < -0.39 is 11.3 Å². The van der Waals surface area contributed by atoms with Crippen molar-refractivity contribution in [1.29, 1.82) is 0 Å². The highest BCUT2D eigenvalue weighted by Gasteiger charge is 2.67. The number of amidine groups is 1. The van der Waals surface area contributed by atoms with Crippen LogP contribution in [0.15, 0.2) is 41.6 Å². The highest BCUT2D eigenvalue weighted by molar-refractivity contribution is 6.14. The second kappa shape index (κ2) is 6.08. The van der Waals surface area contributed by atoms with Gasteiger partial charge in [0.15, 0.2) is 11.4 Å². The zero-order valence-corrected chi connectivity index (χ0v) is 17.0. The lowest BCUT2D eigenvalue weighted by Gasteiger charge is -2.42. The Balaban J connectivity index is 1.73. The summed E-state index contributed by atoms with van der Waals surface area (Å²) in [6, 6.07) is 12.6. The van der Waals surface area contributed by atoms with Crippen molar-refractivity contribution in [2.45, 2.75) is 70.6 Å². The summed E-state index contributed by atoms with van der Waals surface area (Å²) in [5, 5.41) is 16.7. The van der Waals surface area contributed by atoms with Gasteiger partial charge in [-0.25, -0.2) is 0 Å². The Kier molecular flexibility index (Phi) is 3.86. The van der Waals surface area contributed by atoms with Crippen molar-refractivity contribution < 1.29 is 9.94 Å². The molecule has 4 nitrogen and oxygen atoms in total. The van der Waals surface area contributed by atoms with Gasteiger partial charge in [0.05, 0.1) is 5.69 Å². The SMILES string of the molecule is Cc1cc(C)c(C2=NOC34CCCCCCC3(O)c3ccccc3N24)c(C)c1. The molecular formula is C24H28N2O2. The summed E-state index contributed by atoms with van der Waals surface area (Å²) < 4.78 is 0.